The Morgan fingerprint density at radius 2 is 1.91 bits per heavy atom. The number of benzene rings is 1. The van der Waals surface area contributed by atoms with E-state index >= 15 is 0 Å². The van der Waals surface area contributed by atoms with Gasteiger partial charge in [0.1, 0.15) is 0 Å². The molecule has 1 aromatic rings. The van der Waals surface area contributed by atoms with Crippen molar-refractivity contribution in [2.75, 3.05) is 46.3 Å². The predicted octanol–water partition coefficient (Wildman–Crippen LogP) is 1.58. The molecule has 1 fully saturated rings. The van der Waals surface area contributed by atoms with Crippen LogP contribution in [0.3, 0.4) is 0 Å². The van der Waals surface area contributed by atoms with Gasteiger partial charge in [-0.15, -0.1) is 0 Å². The molecule has 1 N–H and O–H groups in total. The molecule has 0 aromatic heterocycles. The second kappa shape index (κ2) is 7.65. The maximum atomic E-state index is 13.1. The van der Waals surface area contributed by atoms with Gasteiger partial charge >= 0.3 is 0 Å². The van der Waals surface area contributed by atoms with Crippen LogP contribution < -0.4 is 5.32 Å². The van der Waals surface area contributed by atoms with E-state index in [9.17, 15) is 13.6 Å². The van der Waals surface area contributed by atoms with Gasteiger partial charge < -0.3 is 15.1 Å². The van der Waals surface area contributed by atoms with Crippen molar-refractivity contribution in [1.82, 2.24) is 15.1 Å². The van der Waals surface area contributed by atoms with Gasteiger partial charge in [0.05, 0.1) is 0 Å². The van der Waals surface area contributed by atoms with E-state index in [2.05, 4.69) is 29.1 Å². The molecule has 1 unspecified atom stereocenters. The van der Waals surface area contributed by atoms with Gasteiger partial charge in [-0.1, -0.05) is 6.92 Å². The SMILES string of the molecule is CC(CNC(=O)c1ccc(F)c(F)c1)CN1CCN(C)CC1. The minimum atomic E-state index is -1.00. The van der Waals surface area contributed by atoms with Crippen LogP contribution in [-0.4, -0.2) is 62.0 Å². The predicted molar refractivity (Wildman–Crippen MR) is 81.8 cm³/mol. The zero-order valence-electron chi connectivity index (χ0n) is 13.1. The second-order valence-corrected chi connectivity index (χ2v) is 6.05. The lowest BCUT2D eigenvalue weighted by Crippen LogP contribution is -2.46. The molecule has 2 rings (SSSR count). The van der Waals surface area contributed by atoms with Crippen LogP contribution in [0.25, 0.3) is 0 Å². The van der Waals surface area contributed by atoms with Crippen LogP contribution >= 0.6 is 0 Å². The number of hydrogen-bond donors (Lipinski definition) is 1. The summed E-state index contributed by atoms with van der Waals surface area (Å²) in [6.07, 6.45) is 0. The summed E-state index contributed by atoms with van der Waals surface area (Å²) in [6, 6.07) is 3.19. The fraction of sp³-hybridized carbons (Fsp3) is 0.562. The Labute approximate surface area is 130 Å². The summed E-state index contributed by atoms with van der Waals surface area (Å²) in [7, 11) is 2.11. The fourth-order valence-corrected chi connectivity index (χ4v) is 2.54. The summed E-state index contributed by atoms with van der Waals surface area (Å²) in [5.41, 5.74) is 0.144. The van der Waals surface area contributed by atoms with Crippen molar-refractivity contribution in [3.63, 3.8) is 0 Å². The first kappa shape index (κ1) is 16.8. The topological polar surface area (TPSA) is 35.6 Å². The van der Waals surface area contributed by atoms with E-state index in [0.29, 0.717) is 12.5 Å². The molecule has 4 nitrogen and oxygen atoms in total. The normalized spacial score (nSPS) is 18.2. The molecule has 0 bridgehead atoms. The highest BCUT2D eigenvalue weighted by Crippen LogP contribution is 2.09. The molecule has 0 radical (unpaired) electrons. The summed E-state index contributed by atoms with van der Waals surface area (Å²) < 4.78 is 26.0. The van der Waals surface area contributed by atoms with Gasteiger partial charge in [-0.05, 0) is 31.2 Å². The molecule has 1 atom stereocenters. The monoisotopic (exact) mass is 311 g/mol. The summed E-state index contributed by atoms with van der Waals surface area (Å²) in [4.78, 5) is 16.6. The summed E-state index contributed by atoms with van der Waals surface area (Å²) in [5, 5.41) is 2.78. The molecule has 1 aliphatic heterocycles. The number of amides is 1. The van der Waals surface area contributed by atoms with Crippen LogP contribution in [-0.2, 0) is 0 Å². The summed E-state index contributed by atoms with van der Waals surface area (Å²) >= 11 is 0. The Kier molecular flexibility index (Phi) is 5.85. The highest BCUT2D eigenvalue weighted by Gasteiger charge is 2.17. The molecule has 1 amide bonds. The molecule has 1 heterocycles. The van der Waals surface area contributed by atoms with Crippen LogP contribution in [0.1, 0.15) is 17.3 Å². The number of nitrogens with one attached hydrogen (secondary N) is 1. The zero-order chi connectivity index (χ0) is 16.1. The number of halogens is 2. The number of likely N-dealkylation sites (N-methyl/N-ethyl adjacent to an activating group) is 1. The molecule has 122 valence electrons. The minimum absolute atomic E-state index is 0.144. The molecule has 1 aromatic carbocycles. The van der Waals surface area contributed by atoms with Crippen LogP contribution in [0.15, 0.2) is 18.2 Å². The van der Waals surface area contributed by atoms with E-state index in [4.69, 9.17) is 0 Å². The molecule has 6 heteroatoms. The van der Waals surface area contributed by atoms with Crippen molar-refractivity contribution in [2.24, 2.45) is 5.92 Å². The molecular formula is C16H23F2N3O. The Bertz CT molecular complexity index is 516. The van der Waals surface area contributed by atoms with Gasteiger partial charge in [0.25, 0.3) is 5.91 Å². The maximum Gasteiger partial charge on any atom is 0.251 e. The van der Waals surface area contributed by atoms with Crippen LogP contribution in [0.2, 0.25) is 0 Å². The van der Waals surface area contributed by atoms with Gasteiger partial charge in [0.15, 0.2) is 11.6 Å². The van der Waals surface area contributed by atoms with E-state index in [1.807, 2.05) is 0 Å². The first-order chi connectivity index (χ1) is 10.5. The number of rotatable bonds is 5. The first-order valence-electron chi connectivity index (χ1n) is 7.60. The van der Waals surface area contributed by atoms with Crippen LogP contribution in [0.4, 0.5) is 8.78 Å². The molecule has 1 aliphatic rings. The van der Waals surface area contributed by atoms with Gasteiger partial charge in [0, 0.05) is 44.8 Å². The highest BCUT2D eigenvalue weighted by atomic mass is 19.2. The van der Waals surface area contributed by atoms with Crippen LogP contribution in [0, 0.1) is 17.6 Å². The van der Waals surface area contributed by atoms with E-state index in [1.165, 1.54) is 6.07 Å². The smallest absolute Gasteiger partial charge is 0.251 e. The Balaban J connectivity index is 1.76. The van der Waals surface area contributed by atoms with E-state index in [-0.39, 0.29) is 11.5 Å². The lowest BCUT2D eigenvalue weighted by Gasteiger charge is -2.33. The first-order valence-corrected chi connectivity index (χ1v) is 7.60. The molecule has 22 heavy (non-hydrogen) atoms. The van der Waals surface area contributed by atoms with Crippen LogP contribution in [0.5, 0.6) is 0 Å². The maximum absolute atomic E-state index is 13.1. The lowest BCUT2D eigenvalue weighted by atomic mass is 10.1. The fourth-order valence-electron chi connectivity index (χ4n) is 2.54. The van der Waals surface area contributed by atoms with E-state index in [1.54, 1.807) is 0 Å². The largest absolute Gasteiger partial charge is 0.352 e. The molecule has 0 aliphatic carbocycles. The summed E-state index contributed by atoms with van der Waals surface area (Å²) in [6.45, 7) is 7.72. The van der Waals surface area contributed by atoms with Crippen molar-refractivity contribution in [3.05, 3.63) is 35.4 Å². The average Bonchev–Trinajstić information content (AvgIpc) is 2.50. The quantitative estimate of drug-likeness (QED) is 0.897. The Morgan fingerprint density at radius 1 is 1.23 bits per heavy atom. The number of carbonyl (C=O) groups is 1. The van der Waals surface area contributed by atoms with Gasteiger partial charge in [-0.2, -0.15) is 0 Å². The summed E-state index contributed by atoms with van der Waals surface area (Å²) in [5.74, 6) is -2.01. The average molecular weight is 311 g/mol. The Morgan fingerprint density at radius 3 is 2.55 bits per heavy atom. The van der Waals surface area contributed by atoms with Crippen molar-refractivity contribution < 1.29 is 13.6 Å². The number of hydrogen-bond acceptors (Lipinski definition) is 3. The highest BCUT2D eigenvalue weighted by molar-refractivity contribution is 5.94. The number of nitrogens with zero attached hydrogens (tertiary/aromatic N) is 2. The third-order valence-corrected chi connectivity index (χ3v) is 3.96. The van der Waals surface area contributed by atoms with Gasteiger partial charge in [-0.3, -0.25) is 4.79 Å². The minimum Gasteiger partial charge on any atom is -0.352 e. The molecule has 0 spiro atoms. The van der Waals surface area contributed by atoms with Gasteiger partial charge in [0.2, 0.25) is 0 Å². The molecule has 0 saturated carbocycles. The van der Waals surface area contributed by atoms with Crippen molar-refractivity contribution in [2.45, 2.75) is 6.92 Å². The zero-order valence-corrected chi connectivity index (χ0v) is 13.1. The van der Waals surface area contributed by atoms with E-state index in [0.717, 1.165) is 44.9 Å². The van der Waals surface area contributed by atoms with E-state index < -0.39 is 11.6 Å². The van der Waals surface area contributed by atoms with Crippen molar-refractivity contribution >= 4 is 5.91 Å². The Hall–Kier alpha value is -1.53. The third kappa shape index (κ3) is 4.74. The second-order valence-electron chi connectivity index (χ2n) is 6.05. The van der Waals surface area contributed by atoms with Crippen molar-refractivity contribution in [1.29, 1.82) is 0 Å². The third-order valence-electron chi connectivity index (χ3n) is 3.96. The number of piperazine rings is 1. The lowest BCUT2D eigenvalue weighted by molar-refractivity contribution is 0.0937. The van der Waals surface area contributed by atoms with Gasteiger partial charge in [-0.25, -0.2) is 8.78 Å². The number of carbonyl (C=O) groups excluding carboxylic acids is 1. The molecule has 1 saturated heterocycles. The van der Waals surface area contributed by atoms with Crippen molar-refractivity contribution in [3.8, 4) is 0 Å². The molecular weight excluding hydrogens is 288 g/mol. The standard InChI is InChI=1S/C16H23F2N3O/c1-12(11-21-7-5-20(2)6-8-21)10-19-16(22)13-3-4-14(17)15(18)9-13/h3-4,9,12H,5-8,10-11H2,1-2H3,(H,19,22).